The van der Waals surface area contributed by atoms with Gasteiger partial charge in [-0.1, -0.05) is 31.7 Å². The van der Waals surface area contributed by atoms with E-state index in [1.807, 2.05) is 26.0 Å². The largest absolute Gasteiger partial charge is 0.490 e. The van der Waals surface area contributed by atoms with Crippen LogP contribution < -0.4 is 19.7 Å². The summed E-state index contributed by atoms with van der Waals surface area (Å²) < 4.78 is 11.9. The molecule has 1 fully saturated rings. The van der Waals surface area contributed by atoms with Crippen molar-refractivity contribution in [2.75, 3.05) is 18.1 Å². The van der Waals surface area contributed by atoms with Crippen LogP contribution in [-0.2, 0) is 16.0 Å². The minimum atomic E-state index is -0.786. The second-order valence-electron chi connectivity index (χ2n) is 6.84. The molecular formula is C24H23BrN2O5. The van der Waals surface area contributed by atoms with Crippen molar-refractivity contribution in [1.82, 2.24) is 5.32 Å². The first kappa shape index (κ1) is 23.3. The number of imide groups is 2. The number of urea groups is 1. The predicted molar refractivity (Wildman–Crippen MR) is 126 cm³/mol. The summed E-state index contributed by atoms with van der Waals surface area (Å²) in [6.07, 6.45) is 3.86. The molecule has 1 heterocycles. The number of barbiturate groups is 1. The van der Waals surface area contributed by atoms with Crippen molar-refractivity contribution < 1.29 is 23.9 Å². The molecule has 2 aromatic rings. The molecule has 4 amide bonds. The van der Waals surface area contributed by atoms with E-state index in [0.717, 1.165) is 16.9 Å². The molecule has 7 nitrogen and oxygen atoms in total. The number of hydrogen-bond acceptors (Lipinski definition) is 5. The fourth-order valence-corrected chi connectivity index (χ4v) is 3.73. The summed E-state index contributed by atoms with van der Waals surface area (Å²) in [5, 5.41) is 2.23. The van der Waals surface area contributed by atoms with Gasteiger partial charge in [0.1, 0.15) is 12.2 Å². The minimum absolute atomic E-state index is 0.168. The molecule has 8 heteroatoms. The highest BCUT2D eigenvalue weighted by atomic mass is 79.9. The predicted octanol–water partition coefficient (Wildman–Crippen LogP) is 4.64. The lowest BCUT2D eigenvalue weighted by molar-refractivity contribution is -0.122. The van der Waals surface area contributed by atoms with E-state index in [4.69, 9.17) is 9.47 Å². The lowest BCUT2D eigenvalue weighted by Gasteiger charge is -2.26. The van der Waals surface area contributed by atoms with Crippen LogP contribution in [0.15, 0.2) is 59.1 Å². The summed E-state index contributed by atoms with van der Waals surface area (Å²) in [6.45, 7) is 8.16. The van der Waals surface area contributed by atoms with Crippen LogP contribution in [0.2, 0.25) is 0 Å². The molecule has 0 atom stereocenters. The number of amides is 4. The summed E-state index contributed by atoms with van der Waals surface area (Å²) in [5.74, 6) is -0.532. The number of aryl methyl sites for hydroxylation is 1. The van der Waals surface area contributed by atoms with E-state index < -0.39 is 17.8 Å². The van der Waals surface area contributed by atoms with Gasteiger partial charge in [-0.2, -0.15) is 0 Å². The molecule has 32 heavy (non-hydrogen) atoms. The number of ether oxygens (including phenoxy) is 2. The van der Waals surface area contributed by atoms with Crippen LogP contribution in [-0.4, -0.2) is 31.1 Å². The lowest BCUT2D eigenvalue weighted by Crippen LogP contribution is -2.54. The van der Waals surface area contributed by atoms with Crippen molar-refractivity contribution in [3.63, 3.8) is 0 Å². The highest BCUT2D eigenvalue weighted by molar-refractivity contribution is 9.10. The Balaban J connectivity index is 2.00. The van der Waals surface area contributed by atoms with Gasteiger partial charge in [0.15, 0.2) is 11.5 Å². The van der Waals surface area contributed by atoms with Gasteiger partial charge < -0.3 is 9.47 Å². The van der Waals surface area contributed by atoms with Crippen LogP contribution in [0.3, 0.4) is 0 Å². The fourth-order valence-electron chi connectivity index (χ4n) is 3.16. The van der Waals surface area contributed by atoms with Crippen LogP contribution in [0, 0.1) is 0 Å². The summed E-state index contributed by atoms with van der Waals surface area (Å²) in [4.78, 5) is 38.9. The molecule has 1 N–H and O–H groups in total. The van der Waals surface area contributed by atoms with Gasteiger partial charge in [-0.3, -0.25) is 14.9 Å². The average molecular weight is 499 g/mol. The fraction of sp³-hybridized carbons (Fsp3) is 0.208. The normalized spacial score (nSPS) is 15.0. The first-order chi connectivity index (χ1) is 15.4. The standard InChI is InChI=1S/C24H23BrN2O5/c1-4-11-32-21-19(25)13-16(14-20(21)31-6-3)12-18-22(28)26-24(30)27(23(18)29)17-9-7-15(5-2)8-10-17/h4,7-10,12-14H,1,5-6,11H2,2-3H3,(H,26,28,30)/b18-12-. The van der Waals surface area contributed by atoms with Gasteiger partial charge >= 0.3 is 6.03 Å². The number of benzene rings is 2. The monoisotopic (exact) mass is 498 g/mol. The molecule has 0 radical (unpaired) electrons. The van der Waals surface area contributed by atoms with Gasteiger partial charge in [-0.25, -0.2) is 9.69 Å². The molecule has 0 bridgehead atoms. The van der Waals surface area contributed by atoms with E-state index in [2.05, 4.69) is 27.8 Å². The molecule has 0 spiro atoms. The Hall–Kier alpha value is -3.39. The third-order valence-electron chi connectivity index (χ3n) is 4.69. The van der Waals surface area contributed by atoms with Crippen LogP contribution >= 0.6 is 15.9 Å². The van der Waals surface area contributed by atoms with Crippen LogP contribution in [0.4, 0.5) is 10.5 Å². The van der Waals surface area contributed by atoms with Crippen LogP contribution in [0.1, 0.15) is 25.0 Å². The molecule has 1 saturated heterocycles. The topological polar surface area (TPSA) is 84.9 Å². The number of nitrogens with one attached hydrogen (secondary N) is 1. The second-order valence-corrected chi connectivity index (χ2v) is 7.69. The first-order valence-corrected chi connectivity index (χ1v) is 10.9. The van der Waals surface area contributed by atoms with Crippen molar-refractivity contribution in [3.8, 4) is 11.5 Å². The zero-order valence-corrected chi connectivity index (χ0v) is 19.4. The number of hydrogen-bond donors (Lipinski definition) is 1. The Kier molecular flexibility index (Phi) is 7.48. The molecular weight excluding hydrogens is 476 g/mol. The second kappa shape index (κ2) is 10.3. The lowest BCUT2D eigenvalue weighted by atomic mass is 10.1. The van der Waals surface area contributed by atoms with E-state index >= 15 is 0 Å². The Morgan fingerprint density at radius 3 is 2.44 bits per heavy atom. The van der Waals surface area contributed by atoms with Crippen molar-refractivity contribution in [1.29, 1.82) is 0 Å². The maximum absolute atomic E-state index is 13.1. The number of halogens is 1. The Morgan fingerprint density at radius 2 is 1.81 bits per heavy atom. The third-order valence-corrected chi connectivity index (χ3v) is 5.28. The van der Waals surface area contributed by atoms with E-state index in [0.29, 0.717) is 33.8 Å². The first-order valence-electron chi connectivity index (χ1n) is 10.1. The highest BCUT2D eigenvalue weighted by Crippen LogP contribution is 2.38. The molecule has 0 aliphatic carbocycles. The smallest absolute Gasteiger partial charge is 0.335 e. The van der Waals surface area contributed by atoms with Gasteiger partial charge in [0.05, 0.1) is 16.8 Å². The van der Waals surface area contributed by atoms with Crippen molar-refractivity contribution in [2.45, 2.75) is 20.3 Å². The van der Waals surface area contributed by atoms with E-state index in [1.54, 1.807) is 30.3 Å². The van der Waals surface area contributed by atoms with Crippen molar-refractivity contribution in [2.24, 2.45) is 0 Å². The zero-order chi connectivity index (χ0) is 23.3. The number of nitrogens with zero attached hydrogens (tertiary/aromatic N) is 1. The van der Waals surface area contributed by atoms with E-state index in [1.165, 1.54) is 6.08 Å². The molecule has 0 saturated carbocycles. The summed E-state index contributed by atoms with van der Waals surface area (Å²) >= 11 is 3.45. The summed E-state index contributed by atoms with van der Waals surface area (Å²) in [5.41, 5.74) is 1.81. The highest BCUT2D eigenvalue weighted by Gasteiger charge is 2.36. The molecule has 0 aromatic heterocycles. The average Bonchev–Trinajstić information content (AvgIpc) is 2.76. The Labute approximate surface area is 194 Å². The summed E-state index contributed by atoms with van der Waals surface area (Å²) in [7, 11) is 0. The molecule has 2 aromatic carbocycles. The van der Waals surface area contributed by atoms with E-state index in [9.17, 15) is 14.4 Å². The third kappa shape index (κ3) is 4.91. The maximum Gasteiger partial charge on any atom is 0.335 e. The number of carbonyl (C=O) groups excluding carboxylic acids is 3. The minimum Gasteiger partial charge on any atom is -0.490 e. The molecule has 3 rings (SSSR count). The Bertz CT molecular complexity index is 1090. The van der Waals surface area contributed by atoms with Gasteiger partial charge in [-0.05, 0) is 70.7 Å². The number of carbonyl (C=O) groups is 3. The Morgan fingerprint density at radius 1 is 1.09 bits per heavy atom. The quantitative estimate of drug-likeness (QED) is 0.325. The molecule has 1 aliphatic rings. The number of rotatable bonds is 8. The number of anilines is 1. The van der Waals surface area contributed by atoms with Gasteiger partial charge in [0, 0.05) is 0 Å². The van der Waals surface area contributed by atoms with Gasteiger partial charge in [0.25, 0.3) is 11.8 Å². The van der Waals surface area contributed by atoms with Crippen LogP contribution in [0.5, 0.6) is 11.5 Å². The zero-order valence-electron chi connectivity index (χ0n) is 17.8. The van der Waals surface area contributed by atoms with Crippen molar-refractivity contribution >= 4 is 45.5 Å². The van der Waals surface area contributed by atoms with E-state index in [-0.39, 0.29) is 12.2 Å². The maximum atomic E-state index is 13.1. The van der Waals surface area contributed by atoms with Gasteiger partial charge in [-0.15, -0.1) is 0 Å². The molecule has 0 unspecified atom stereocenters. The van der Waals surface area contributed by atoms with Gasteiger partial charge in [0.2, 0.25) is 0 Å². The summed E-state index contributed by atoms with van der Waals surface area (Å²) in [6, 6.07) is 9.61. The van der Waals surface area contributed by atoms with Crippen LogP contribution in [0.25, 0.3) is 6.08 Å². The SMILES string of the molecule is C=CCOc1c(Br)cc(/C=C2/C(=O)NC(=O)N(c3ccc(CC)cc3)C2=O)cc1OCC. The van der Waals surface area contributed by atoms with Crippen molar-refractivity contribution in [3.05, 3.63) is 70.2 Å². The molecule has 1 aliphatic heterocycles. The molecule has 166 valence electrons.